The van der Waals surface area contributed by atoms with Crippen molar-refractivity contribution in [1.82, 2.24) is 9.36 Å². The lowest BCUT2D eigenvalue weighted by atomic mass is 10.2. The Balaban J connectivity index is 2.69. The third-order valence-electron chi connectivity index (χ3n) is 2.49. The van der Waals surface area contributed by atoms with Crippen LogP contribution in [-0.2, 0) is 0 Å². The van der Waals surface area contributed by atoms with Crippen LogP contribution in [-0.4, -0.2) is 29.0 Å². The second kappa shape index (κ2) is 5.42. The first kappa shape index (κ1) is 12.4. The molecule has 1 unspecified atom stereocenters. The molecule has 15 heavy (non-hydrogen) atoms. The smallest absolute Gasteiger partial charge is 0.205 e. The molecule has 1 aromatic heterocycles. The van der Waals surface area contributed by atoms with Gasteiger partial charge in [-0.15, -0.1) is 0 Å². The van der Waals surface area contributed by atoms with Crippen LogP contribution in [0.1, 0.15) is 38.9 Å². The molecule has 5 heteroatoms. The van der Waals surface area contributed by atoms with Gasteiger partial charge < -0.3 is 10.6 Å². The number of hydrogen-bond acceptors (Lipinski definition) is 5. The van der Waals surface area contributed by atoms with Crippen LogP contribution >= 0.6 is 11.5 Å². The van der Waals surface area contributed by atoms with E-state index in [-0.39, 0.29) is 0 Å². The maximum absolute atomic E-state index is 5.54. The molecule has 86 valence electrons. The van der Waals surface area contributed by atoms with Gasteiger partial charge in [0.1, 0.15) is 5.82 Å². The van der Waals surface area contributed by atoms with Crippen molar-refractivity contribution in [1.29, 1.82) is 0 Å². The summed E-state index contributed by atoms with van der Waals surface area (Å²) in [7, 11) is 2.05. The number of nitrogens with two attached hydrogens (primary N) is 1. The van der Waals surface area contributed by atoms with E-state index in [1.165, 1.54) is 11.5 Å². The molecule has 0 bridgehead atoms. The van der Waals surface area contributed by atoms with Gasteiger partial charge in [0.2, 0.25) is 5.13 Å². The summed E-state index contributed by atoms with van der Waals surface area (Å²) >= 11 is 1.46. The number of nitrogens with zero attached hydrogens (tertiary/aromatic N) is 3. The van der Waals surface area contributed by atoms with Crippen molar-refractivity contribution in [3.8, 4) is 0 Å². The minimum atomic E-state index is 0.396. The molecule has 1 heterocycles. The molecule has 0 saturated carbocycles. The fraction of sp³-hybridized carbons (Fsp3) is 0.800. The zero-order chi connectivity index (χ0) is 11.4. The van der Waals surface area contributed by atoms with E-state index in [0.717, 1.165) is 17.4 Å². The minimum Gasteiger partial charge on any atom is -0.347 e. The van der Waals surface area contributed by atoms with Crippen molar-refractivity contribution in [3.63, 3.8) is 0 Å². The van der Waals surface area contributed by atoms with Crippen LogP contribution in [0, 0.1) is 0 Å². The summed E-state index contributed by atoms with van der Waals surface area (Å²) in [6.07, 6.45) is 0.979. The van der Waals surface area contributed by atoms with E-state index in [4.69, 9.17) is 5.73 Å². The predicted octanol–water partition coefficient (Wildman–Crippen LogP) is 1.84. The maximum atomic E-state index is 5.54. The van der Waals surface area contributed by atoms with Crippen molar-refractivity contribution in [2.75, 3.05) is 18.5 Å². The fourth-order valence-electron chi connectivity index (χ4n) is 1.23. The third-order valence-corrected chi connectivity index (χ3v) is 3.32. The molecular formula is C10H20N4S. The third kappa shape index (κ3) is 3.14. The normalized spacial score (nSPS) is 13.2. The molecule has 4 nitrogen and oxygen atoms in total. The molecule has 0 spiro atoms. The highest BCUT2D eigenvalue weighted by Crippen LogP contribution is 2.22. The Hall–Kier alpha value is -0.680. The molecule has 2 N–H and O–H groups in total. The fourth-order valence-corrected chi connectivity index (χ4v) is 2.10. The molecule has 0 aliphatic carbocycles. The molecule has 0 aliphatic heterocycles. The summed E-state index contributed by atoms with van der Waals surface area (Å²) in [6.45, 7) is 7.08. The molecule has 0 aromatic carbocycles. The molecule has 1 aromatic rings. The van der Waals surface area contributed by atoms with E-state index in [2.05, 4.69) is 35.0 Å². The molecule has 1 rings (SSSR count). The zero-order valence-corrected chi connectivity index (χ0v) is 10.7. The molecule has 0 fully saturated rings. The van der Waals surface area contributed by atoms with E-state index in [0.29, 0.717) is 18.5 Å². The Morgan fingerprint density at radius 1 is 1.40 bits per heavy atom. The first-order valence-corrected chi connectivity index (χ1v) is 6.10. The van der Waals surface area contributed by atoms with Crippen LogP contribution in [0.25, 0.3) is 0 Å². The van der Waals surface area contributed by atoms with Gasteiger partial charge in [0.05, 0.1) is 0 Å². The van der Waals surface area contributed by atoms with Crippen LogP contribution in [0.4, 0.5) is 5.13 Å². The Morgan fingerprint density at radius 3 is 2.53 bits per heavy atom. The lowest BCUT2D eigenvalue weighted by Gasteiger charge is -2.23. The van der Waals surface area contributed by atoms with E-state index < -0.39 is 0 Å². The SMILES string of the molecule is CC(C)c1nsc(N(C)C(C)CCN)n1. The van der Waals surface area contributed by atoms with Gasteiger partial charge in [-0.3, -0.25) is 0 Å². The maximum Gasteiger partial charge on any atom is 0.205 e. The number of rotatable bonds is 5. The summed E-state index contributed by atoms with van der Waals surface area (Å²) in [5.74, 6) is 1.33. The quantitative estimate of drug-likeness (QED) is 0.835. The Bertz CT molecular complexity index is 297. The van der Waals surface area contributed by atoms with Crippen LogP contribution in [0.3, 0.4) is 0 Å². The van der Waals surface area contributed by atoms with E-state index in [9.17, 15) is 0 Å². The summed E-state index contributed by atoms with van der Waals surface area (Å²) in [6, 6.07) is 0.419. The minimum absolute atomic E-state index is 0.396. The highest BCUT2D eigenvalue weighted by molar-refractivity contribution is 7.09. The topological polar surface area (TPSA) is 55.0 Å². The monoisotopic (exact) mass is 228 g/mol. The molecule has 0 amide bonds. The van der Waals surface area contributed by atoms with Gasteiger partial charge in [0.25, 0.3) is 0 Å². The Labute approximate surface area is 95.7 Å². The van der Waals surface area contributed by atoms with Crippen molar-refractivity contribution >= 4 is 16.7 Å². The van der Waals surface area contributed by atoms with Gasteiger partial charge in [-0.1, -0.05) is 13.8 Å². The Kier molecular flexibility index (Phi) is 4.47. The summed E-state index contributed by atoms with van der Waals surface area (Å²) in [4.78, 5) is 6.65. The molecule has 0 aliphatic rings. The lowest BCUT2D eigenvalue weighted by Crippen LogP contribution is -2.30. The molecule has 1 atom stereocenters. The number of hydrogen-bond donors (Lipinski definition) is 1. The first-order chi connectivity index (χ1) is 7.06. The zero-order valence-electron chi connectivity index (χ0n) is 9.90. The van der Waals surface area contributed by atoms with Crippen LogP contribution in [0.15, 0.2) is 0 Å². The van der Waals surface area contributed by atoms with Gasteiger partial charge in [-0.05, 0) is 19.9 Å². The molecule has 0 saturated heterocycles. The van der Waals surface area contributed by atoms with E-state index >= 15 is 0 Å². The van der Waals surface area contributed by atoms with Crippen molar-refractivity contribution in [2.45, 2.75) is 39.2 Å². The average Bonchev–Trinajstić information content (AvgIpc) is 2.65. The van der Waals surface area contributed by atoms with E-state index in [1.807, 2.05) is 7.05 Å². The van der Waals surface area contributed by atoms with E-state index in [1.54, 1.807) is 0 Å². The predicted molar refractivity (Wildman–Crippen MR) is 65.5 cm³/mol. The van der Waals surface area contributed by atoms with Gasteiger partial charge in [-0.2, -0.15) is 4.37 Å². The van der Waals surface area contributed by atoms with Gasteiger partial charge in [-0.25, -0.2) is 4.98 Å². The highest BCUT2D eigenvalue weighted by atomic mass is 32.1. The highest BCUT2D eigenvalue weighted by Gasteiger charge is 2.15. The second-order valence-corrected chi connectivity index (χ2v) is 4.86. The standard InChI is InChI=1S/C10H20N4S/c1-7(2)9-12-10(15-13-9)14(4)8(3)5-6-11/h7-8H,5-6,11H2,1-4H3. The van der Waals surface area contributed by atoms with Crippen LogP contribution in [0.5, 0.6) is 0 Å². The second-order valence-electron chi connectivity index (χ2n) is 4.13. The van der Waals surface area contributed by atoms with Crippen molar-refractivity contribution in [2.24, 2.45) is 5.73 Å². The van der Waals surface area contributed by atoms with Gasteiger partial charge >= 0.3 is 0 Å². The summed E-state index contributed by atoms with van der Waals surface area (Å²) in [5.41, 5.74) is 5.54. The largest absolute Gasteiger partial charge is 0.347 e. The van der Waals surface area contributed by atoms with Crippen molar-refractivity contribution in [3.05, 3.63) is 5.82 Å². The molecular weight excluding hydrogens is 208 g/mol. The average molecular weight is 228 g/mol. The number of anilines is 1. The Morgan fingerprint density at radius 2 is 2.07 bits per heavy atom. The first-order valence-electron chi connectivity index (χ1n) is 5.32. The van der Waals surface area contributed by atoms with Gasteiger partial charge in [0, 0.05) is 30.5 Å². The molecule has 0 radical (unpaired) electrons. The summed E-state index contributed by atoms with van der Waals surface area (Å²) < 4.78 is 4.34. The van der Waals surface area contributed by atoms with Gasteiger partial charge in [0.15, 0.2) is 0 Å². The number of aromatic nitrogens is 2. The lowest BCUT2D eigenvalue weighted by molar-refractivity contribution is 0.632. The van der Waals surface area contributed by atoms with Crippen LogP contribution in [0.2, 0.25) is 0 Å². The van der Waals surface area contributed by atoms with Crippen molar-refractivity contribution < 1.29 is 0 Å². The van der Waals surface area contributed by atoms with Crippen LogP contribution < -0.4 is 10.6 Å². The summed E-state index contributed by atoms with van der Waals surface area (Å²) in [5, 5.41) is 0.986.